The van der Waals surface area contributed by atoms with Crippen LogP contribution in [0.1, 0.15) is 57.3 Å². The number of alkyl halides is 6. The second kappa shape index (κ2) is 16.6. The topological polar surface area (TPSA) is 61.6 Å². The number of fused-ring (bicyclic) bond motifs is 2. The minimum Gasteiger partial charge on any atom is -0.493 e. The highest BCUT2D eigenvalue weighted by Gasteiger charge is 2.31. The standard InChI is InChI=1S/2C20H20F3NO2/c2*1-25-18-11-14-9-10-24-17(16(14)12-19(18)26-2)8-5-13-3-6-15(7-4-13)20(21,22)23/h2*3-4,6-7,11-12H,5,8-10H2,1-2H3. The number of hydrogen-bond acceptors (Lipinski definition) is 6. The van der Waals surface area contributed by atoms with Crippen molar-refractivity contribution in [3.05, 3.63) is 117 Å². The van der Waals surface area contributed by atoms with E-state index < -0.39 is 23.5 Å². The van der Waals surface area contributed by atoms with Crippen molar-refractivity contribution in [2.75, 3.05) is 41.5 Å². The van der Waals surface area contributed by atoms with Crippen LogP contribution < -0.4 is 18.9 Å². The van der Waals surface area contributed by atoms with E-state index in [0.29, 0.717) is 61.8 Å². The van der Waals surface area contributed by atoms with Crippen LogP contribution in [0.3, 0.4) is 0 Å². The lowest BCUT2D eigenvalue weighted by Gasteiger charge is -2.20. The van der Waals surface area contributed by atoms with Crippen LogP contribution in [-0.2, 0) is 38.0 Å². The number of benzene rings is 4. The monoisotopic (exact) mass is 726 g/mol. The molecule has 0 saturated carbocycles. The number of aliphatic imine (C=N–C) groups is 2. The first-order chi connectivity index (χ1) is 24.8. The van der Waals surface area contributed by atoms with Crippen LogP contribution in [-0.4, -0.2) is 53.0 Å². The van der Waals surface area contributed by atoms with Crippen LogP contribution in [0, 0.1) is 0 Å². The van der Waals surface area contributed by atoms with E-state index in [1.165, 1.54) is 24.3 Å². The second-order valence-electron chi connectivity index (χ2n) is 12.3. The van der Waals surface area contributed by atoms with Gasteiger partial charge in [-0.25, -0.2) is 0 Å². The van der Waals surface area contributed by atoms with Crippen LogP contribution in [0.2, 0.25) is 0 Å². The minimum absolute atomic E-state index is 0.626. The van der Waals surface area contributed by atoms with Gasteiger partial charge in [-0.15, -0.1) is 0 Å². The Morgan fingerprint density at radius 3 is 1.12 bits per heavy atom. The summed E-state index contributed by atoms with van der Waals surface area (Å²) < 4.78 is 97.4. The average molecular weight is 727 g/mol. The molecule has 0 N–H and O–H groups in total. The number of rotatable bonds is 10. The van der Waals surface area contributed by atoms with Gasteiger partial charge in [-0.05, 0) is 109 Å². The second-order valence-corrected chi connectivity index (χ2v) is 12.3. The molecule has 0 atom stereocenters. The fourth-order valence-corrected chi connectivity index (χ4v) is 6.26. The highest BCUT2D eigenvalue weighted by atomic mass is 19.4. The number of methoxy groups -OCH3 is 4. The first-order valence-corrected chi connectivity index (χ1v) is 16.7. The maximum Gasteiger partial charge on any atom is 0.416 e. The Morgan fingerprint density at radius 2 is 0.808 bits per heavy atom. The summed E-state index contributed by atoms with van der Waals surface area (Å²) in [6.07, 6.45) is -4.36. The molecule has 276 valence electrons. The van der Waals surface area contributed by atoms with Crippen molar-refractivity contribution in [2.24, 2.45) is 9.98 Å². The molecule has 52 heavy (non-hydrogen) atoms. The molecule has 4 aromatic rings. The van der Waals surface area contributed by atoms with Gasteiger partial charge >= 0.3 is 12.4 Å². The summed E-state index contributed by atoms with van der Waals surface area (Å²) >= 11 is 0. The molecule has 0 spiro atoms. The van der Waals surface area contributed by atoms with Crippen molar-refractivity contribution in [1.82, 2.24) is 0 Å². The third kappa shape index (κ3) is 9.26. The molecule has 0 saturated heterocycles. The van der Waals surface area contributed by atoms with Gasteiger partial charge in [0.05, 0.1) is 39.6 Å². The molecule has 4 aromatic carbocycles. The first-order valence-electron chi connectivity index (χ1n) is 16.7. The first kappa shape index (κ1) is 38.2. The molecule has 0 aromatic heterocycles. The molecule has 0 aliphatic carbocycles. The summed E-state index contributed by atoms with van der Waals surface area (Å²) in [4.78, 5) is 9.23. The third-order valence-electron chi connectivity index (χ3n) is 9.07. The molecule has 2 aliphatic rings. The molecule has 2 aliphatic heterocycles. The van der Waals surface area contributed by atoms with Gasteiger partial charge in [0.1, 0.15) is 0 Å². The smallest absolute Gasteiger partial charge is 0.416 e. The van der Waals surface area contributed by atoms with E-state index in [1.54, 1.807) is 28.4 Å². The van der Waals surface area contributed by atoms with Crippen molar-refractivity contribution in [3.63, 3.8) is 0 Å². The summed E-state index contributed by atoms with van der Waals surface area (Å²) in [5, 5.41) is 0. The molecule has 6 rings (SSSR count). The quantitative estimate of drug-likeness (QED) is 0.153. The lowest BCUT2D eigenvalue weighted by atomic mass is 9.93. The summed E-state index contributed by atoms with van der Waals surface area (Å²) in [5.41, 5.74) is 6.72. The molecule has 0 radical (unpaired) electrons. The number of halogens is 6. The number of nitrogens with zero attached hydrogens (tertiary/aromatic N) is 2. The summed E-state index contributed by atoms with van der Waals surface area (Å²) in [6, 6.07) is 18.4. The maximum atomic E-state index is 12.7. The number of hydrogen-bond donors (Lipinski definition) is 0. The van der Waals surface area contributed by atoms with Crippen LogP contribution in [0.4, 0.5) is 26.3 Å². The highest BCUT2D eigenvalue weighted by Crippen LogP contribution is 2.35. The van der Waals surface area contributed by atoms with E-state index in [2.05, 4.69) is 9.98 Å². The molecule has 0 amide bonds. The largest absolute Gasteiger partial charge is 0.493 e. The summed E-state index contributed by atoms with van der Waals surface area (Å²) in [7, 11) is 6.39. The molecule has 0 fully saturated rings. The lowest BCUT2D eigenvalue weighted by Crippen LogP contribution is -2.14. The van der Waals surface area contributed by atoms with Crippen LogP contribution in [0.15, 0.2) is 82.8 Å². The zero-order valence-electron chi connectivity index (χ0n) is 29.4. The van der Waals surface area contributed by atoms with Crippen molar-refractivity contribution in [3.8, 4) is 23.0 Å². The molecule has 6 nitrogen and oxygen atoms in total. The van der Waals surface area contributed by atoms with E-state index in [4.69, 9.17) is 18.9 Å². The fraction of sp³-hybridized carbons (Fsp3) is 0.350. The third-order valence-corrected chi connectivity index (χ3v) is 9.07. The molecule has 2 heterocycles. The van der Waals surface area contributed by atoms with Crippen LogP contribution >= 0.6 is 0 Å². The SMILES string of the molecule is COc1cc2c(cc1OC)C(CCc1ccc(C(F)(F)F)cc1)=NCC2.COc1cc2c(cc1OC)C(CCc1ccc(C(F)(F)F)cc1)=NCC2. The number of aryl methyl sites for hydroxylation is 2. The number of ether oxygens (including phenoxy) is 4. The Hall–Kier alpha value is -5.00. The van der Waals surface area contributed by atoms with Gasteiger partial charge in [-0.2, -0.15) is 26.3 Å². The normalized spacial score (nSPS) is 13.8. The predicted octanol–water partition coefficient (Wildman–Crippen LogP) is 9.40. The van der Waals surface area contributed by atoms with Crippen LogP contribution in [0.5, 0.6) is 23.0 Å². The Labute approximate surface area is 299 Å². The van der Waals surface area contributed by atoms with Crippen molar-refractivity contribution in [1.29, 1.82) is 0 Å². The van der Waals surface area contributed by atoms with Crippen molar-refractivity contribution < 1.29 is 45.3 Å². The Balaban J connectivity index is 0.000000201. The summed E-state index contributed by atoms with van der Waals surface area (Å²) in [5.74, 6) is 2.68. The zero-order chi connectivity index (χ0) is 37.5. The zero-order valence-corrected chi connectivity index (χ0v) is 29.4. The van der Waals surface area contributed by atoms with Gasteiger partial charge in [0.2, 0.25) is 0 Å². The van der Waals surface area contributed by atoms with Crippen LogP contribution in [0.25, 0.3) is 0 Å². The van der Waals surface area contributed by atoms with Gasteiger partial charge in [0.15, 0.2) is 23.0 Å². The van der Waals surface area contributed by atoms with E-state index in [0.717, 1.165) is 81.9 Å². The Morgan fingerprint density at radius 1 is 0.481 bits per heavy atom. The van der Waals surface area contributed by atoms with E-state index in [-0.39, 0.29) is 0 Å². The minimum atomic E-state index is -4.31. The molecular weight excluding hydrogens is 686 g/mol. The fourth-order valence-electron chi connectivity index (χ4n) is 6.26. The maximum absolute atomic E-state index is 12.7. The van der Waals surface area contributed by atoms with Gasteiger partial charge in [-0.3, -0.25) is 9.98 Å². The average Bonchev–Trinajstić information content (AvgIpc) is 3.14. The molecular formula is C40H40F6N2O4. The van der Waals surface area contributed by atoms with Gasteiger partial charge in [0.25, 0.3) is 0 Å². The van der Waals surface area contributed by atoms with E-state index in [1.807, 2.05) is 24.3 Å². The Bertz CT molecular complexity index is 1760. The van der Waals surface area contributed by atoms with E-state index >= 15 is 0 Å². The van der Waals surface area contributed by atoms with Gasteiger partial charge in [-0.1, -0.05) is 24.3 Å². The van der Waals surface area contributed by atoms with Gasteiger partial charge in [0, 0.05) is 35.6 Å². The van der Waals surface area contributed by atoms with Gasteiger partial charge < -0.3 is 18.9 Å². The predicted molar refractivity (Wildman–Crippen MR) is 189 cm³/mol. The molecule has 0 unspecified atom stereocenters. The molecule has 12 heteroatoms. The summed E-state index contributed by atoms with van der Waals surface area (Å²) in [6.45, 7) is 1.40. The lowest BCUT2D eigenvalue weighted by molar-refractivity contribution is -0.138. The Kier molecular flexibility index (Phi) is 12.2. The highest BCUT2D eigenvalue weighted by molar-refractivity contribution is 6.04. The van der Waals surface area contributed by atoms with E-state index in [9.17, 15) is 26.3 Å². The molecule has 0 bridgehead atoms. The van der Waals surface area contributed by atoms with Crippen molar-refractivity contribution in [2.45, 2.75) is 50.9 Å². The van der Waals surface area contributed by atoms with Crippen molar-refractivity contribution >= 4 is 11.4 Å².